The monoisotopic (exact) mass is 268 g/mol. The summed E-state index contributed by atoms with van der Waals surface area (Å²) in [7, 11) is 1.40. The van der Waals surface area contributed by atoms with E-state index in [0.717, 1.165) is 13.0 Å². The van der Waals surface area contributed by atoms with Gasteiger partial charge in [0.2, 0.25) is 0 Å². The molecular formula is C13H20N2O4. The molecule has 1 rings (SSSR count). The van der Waals surface area contributed by atoms with Crippen molar-refractivity contribution in [3.05, 3.63) is 28.3 Å². The number of ether oxygens (including phenoxy) is 2. The molecule has 0 unspecified atom stereocenters. The van der Waals surface area contributed by atoms with Crippen LogP contribution in [0.5, 0.6) is 11.5 Å². The van der Waals surface area contributed by atoms with Crippen LogP contribution in [0.1, 0.15) is 20.3 Å². The topological polar surface area (TPSA) is 73.6 Å². The Hall–Kier alpha value is -1.82. The summed E-state index contributed by atoms with van der Waals surface area (Å²) in [4.78, 5) is 10.4. The van der Waals surface area contributed by atoms with Crippen LogP contribution in [0.4, 0.5) is 5.69 Å². The van der Waals surface area contributed by atoms with Gasteiger partial charge in [-0.25, -0.2) is 0 Å². The van der Waals surface area contributed by atoms with Gasteiger partial charge in [-0.05, 0) is 25.1 Å². The minimum absolute atomic E-state index is 0.0831. The van der Waals surface area contributed by atoms with Gasteiger partial charge in [-0.1, -0.05) is 13.8 Å². The summed E-state index contributed by atoms with van der Waals surface area (Å²) >= 11 is 0. The summed E-state index contributed by atoms with van der Waals surface area (Å²) in [5.74, 6) is 0.718. The molecule has 106 valence electrons. The van der Waals surface area contributed by atoms with Gasteiger partial charge in [-0.3, -0.25) is 10.1 Å². The highest BCUT2D eigenvalue weighted by atomic mass is 16.6. The first kappa shape index (κ1) is 15.2. The van der Waals surface area contributed by atoms with E-state index in [1.807, 2.05) is 0 Å². The average molecular weight is 268 g/mol. The third kappa shape index (κ3) is 5.13. The van der Waals surface area contributed by atoms with Crippen LogP contribution < -0.4 is 14.8 Å². The number of hydrogen-bond acceptors (Lipinski definition) is 5. The maximum absolute atomic E-state index is 10.8. The fourth-order valence-corrected chi connectivity index (χ4v) is 1.56. The van der Waals surface area contributed by atoms with Crippen LogP contribution >= 0.6 is 0 Å². The van der Waals surface area contributed by atoms with E-state index < -0.39 is 4.92 Å². The molecule has 0 amide bonds. The van der Waals surface area contributed by atoms with Crippen molar-refractivity contribution in [3.63, 3.8) is 0 Å². The van der Waals surface area contributed by atoms with Gasteiger partial charge in [0.05, 0.1) is 24.7 Å². The first-order valence-corrected chi connectivity index (χ1v) is 6.23. The smallest absolute Gasteiger partial charge is 0.314 e. The third-order valence-electron chi connectivity index (χ3n) is 2.49. The van der Waals surface area contributed by atoms with E-state index in [2.05, 4.69) is 19.2 Å². The average Bonchev–Trinajstić information content (AvgIpc) is 2.37. The summed E-state index contributed by atoms with van der Waals surface area (Å²) in [5.41, 5.74) is -0.0831. The molecule has 0 bridgehead atoms. The Morgan fingerprint density at radius 3 is 2.74 bits per heavy atom. The van der Waals surface area contributed by atoms with Gasteiger partial charge in [0.15, 0.2) is 5.75 Å². The molecule has 0 heterocycles. The summed E-state index contributed by atoms with van der Waals surface area (Å²) in [6, 6.07) is 5.04. The Morgan fingerprint density at radius 1 is 1.42 bits per heavy atom. The zero-order valence-electron chi connectivity index (χ0n) is 11.5. The molecule has 6 nitrogen and oxygen atoms in total. The molecule has 0 atom stereocenters. The molecule has 0 saturated heterocycles. The summed E-state index contributed by atoms with van der Waals surface area (Å²) in [5, 5.41) is 14.1. The first-order chi connectivity index (χ1) is 9.04. The molecule has 1 N–H and O–H groups in total. The predicted molar refractivity (Wildman–Crippen MR) is 72.9 cm³/mol. The second-order valence-corrected chi connectivity index (χ2v) is 4.40. The Bertz CT molecular complexity index is 421. The van der Waals surface area contributed by atoms with Gasteiger partial charge < -0.3 is 14.8 Å². The minimum Gasteiger partial charge on any atom is -0.493 e. The SMILES string of the molecule is COc1ccc(OCCCNC(C)C)cc1[N+](=O)[O-]. The maximum Gasteiger partial charge on any atom is 0.314 e. The molecule has 0 spiro atoms. The zero-order valence-corrected chi connectivity index (χ0v) is 11.5. The molecule has 0 aliphatic heterocycles. The van der Waals surface area contributed by atoms with Gasteiger partial charge in [-0.15, -0.1) is 0 Å². The van der Waals surface area contributed by atoms with E-state index in [9.17, 15) is 10.1 Å². The fraction of sp³-hybridized carbons (Fsp3) is 0.538. The number of nitro groups is 1. The van der Waals surface area contributed by atoms with Crippen LogP contribution in [-0.2, 0) is 0 Å². The molecule has 0 aromatic heterocycles. The largest absolute Gasteiger partial charge is 0.493 e. The highest BCUT2D eigenvalue weighted by molar-refractivity contribution is 5.50. The highest BCUT2D eigenvalue weighted by Gasteiger charge is 2.15. The van der Waals surface area contributed by atoms with Crippen LogP contribution in [0, 0.1) is 10.1 Å². The van der Waals surface area contributed by atoms with Crippen LogP contribution in [0.2, 0.25) is 0 Å². The minimum atomic E-state index is -0.480. The second kappa shape index (κ2) is 7.58. The normalized spacial score (nSPS) is 10.5. The summed E-state index contributed by atoms with van der Waals surface area (Å²) < 4.78 is 10.4. The predicted octanol–water partition coefficient (Wildman–Crippen LogP) is 2.37. The lowest BCUT2D eigenvalue weighted by molar-refractivity contribution is -0.385. The van der Waals surface area contributed by atoms with E-state index in [-0.39, 0.29) is 11.4 Å². The summed E-state index contributed by atoms with van der Waals surface area (Å²) in [6.07, 6.45) is 0.845. The van der Waals surface area contributed by atoms with E-state index in [4.69, 9.17) is 9.47 Å². The number of nitro benzene ring substituents is 1. The maximum atomic E-state index is 10.8. The van der Waals surface area contributed by atoms with Crippen molar-refractivity contribution < 1.29 is 14.4 Å². The van der Waals surface area contributed by atoms with Crippen LogP contribution in [0.3, 0.4) is 0 Å². The molecule has 19 heavy (non-hydrogen) atoms. The lowest BCUT2D eigenvalue weighted by Crippen LogP contribution is -2.24. The Kier molecular flexibility index (Phi) is 6.08. The van der Waals surface area contributed by atoms with Crippen LogP contribution in [0.15, 0.2) is 18.2 Å². The molecule has 6 heteroatoms. The van der Waals surface area contributed by atoms with Gasteiger partial charge in [0, 0.05) is 6.04 Å². The van der Waals surface area contributed by atoms with Crippen molar-refractivity contribution in [2.24, 2.45) is 0 Å². The fourth-order valence-electron chi connectivity index (χ4n) is 1.56. The first-order valence-electron chi connectivity index (χ1n) is 6.23. The Balaban J connectivity index is 2.50. The van der Waals surface area contributed by atoms with E-state index >= 15 is 0 Å². The van der Waals surface area contributed by atoms with Crippen molar-refractivity contribution in [1.82, 2.24) is 5.32 Å². The third-order valence-corrected chi connectivity index (χ3v) is 2.49. The van der Waals surface area contributed by atoms with Gasteiger partial charge in [-0.2, -0.15) is 0 Å². The Labute approximate surface area is 112 Å². The molecule has 0 aliphatic carbocycles. The molecule has 0 saturated carbocycles. The van der Waals surface area contributed by atoms with Crippen LogP contribution in [-0.4, -0.2) is 31.2 Å². The van der Waals surface area contributed by atoms with E-state index in [1.54, 1.807) is 12.1 Å². The van der Waals surface area contributed by atoms with Crippen molar-refractivity contribution in [3.8, 4) is 11.5 Å². The molecule has 0 aliphatic rings. The quantitative estimate of drug-likeness (QED) is 0.445. The lowest BCUT2D eigenvalue weighted by atomic mass is 10.3. The van der Waals surface area contributed by atoms with E-state index in [1.165, 1.54) is 13.2 Å². The molecule has 1 aromatic rings. The second-order valence-electron chi connectivity index (χ2n) is 4.40. The summed E-state index contributed by atoms with van der Waals surface area (Å²) in [6.45, 7) is 5.53. The number of methoxy groups -OCH3 is 1. The lowest BCUT2D eigenvalue weighted by Gasteiger charge is -2.09. The number of nitrogens with one attached hydrogen (secondary N) is 1. The van der Waals surface area contributed by atoms with E-state index in [0.29, 0.717) is 18.4 Å². The van der Waals surface area contributed by atoms with Crippen molar-refractivity contribution in [2.45, 2.75) is 26.3 Å². The number of hydrogen-bond donors (Lipinski definition) is 1. The zero-order chi connectivity index (χ0) is 14.3. The number of benzene rings is 1. The van der Waals surface area contributed by atoms with Gasteiger partial charge >= 0.3 is 5.69 Å². The molecular weight excluding hydrogens is 248 g/mol. The van der Waals surface area contributed by atoms with Crippen molar-refractivity contribution >= 4 is 5.69 Å². The highest BCUT2D eigenvalue weighted by Crippen LogP contribution is 2.30. The molecule has 0 radical (unpaired) electrons. The van der Waals surface area contributed by atoms with Crippen molar-refractivity contribution in [2.75, 3.05) is 20.3 Å². The standard InChI is InChI=1S/C13H20N2O4/c1-10(2)14-7-4-8-19-11-5-6-13(18-3)12(9-11)15(16)17/h5-6,9-10,14H,4,7-8H2,1-3H3. The number of rotatable bonds is 8. The molecule has 0 fully saturated rings. The van der Waals surface area contributed by atoms with Gasteiger partial charge in [0.25, 0.3) is 0 Å². The van der Waals surface area contributed by atoms with Crippen molar-refractivity contribution in [1.29, 1.82) is 0 Å². The number of nitrogens with zero attached hydrogens (tertiary/aromatic N) is 1. The van der Waals surface area contributed by atoms with Gasteiger partial charge in [0.1, 0.15) is 5.75 Å². The Morgan fingerprint density at radius 2 is 2.16 bits per heavy atom. The van der Waals surface area contributed by atoms with Crippen LogP contribution in [0.25, 0.3) is 0 Å². The molecule has 1 aromatic carbocycles.